The highest BCUT2D eigenvalue weighted by atomic mass is 79.9. The number of ether oxygens (including phenoxy) is 1. The summed E-state index contributed by atoms with van der Waals surface area (Å²) >= 11 is 3.44. The molecule has 224 valence electrons. The lowest BCUT2D eigenvalue weighted by molar-refractivity contribution is -0.384. The van der Waals surface area contributed by atoms with Crippen molar-refractivity contribution < 1.29 is 27.7 Å². The summed E-state index contributed by atoms with van der Waals surface area (Å²) < 4.78 is 32.9. The van der Waals surface area contributed by atoms with Gasteiger partial charge in [-0.3, -0.25) is 24.0 Å². The summed E-state index contributed by atoms with van der Waals surface area (Å²) in [5, 5.41) is 14.4. The van der Waals surface area contributed by atoms with Gasteiger partial charge in [0.25, 0.3) is 5.69 Å². The summed E-state index contributed by atoms with van der Waals surface area (Å²) in [4.78, 5) is 39.9. The molecule has 0 aromatic heterocycles. The Morgan fingerprint density at radius 2 is 1.74 bits per heavy atom. The number of non-ortho nitro benzene ring substituents is 1. The molecule has 0 fully saturated rings. The minimum absolute atomic E-state index is 0.000999. The Kier molecular flexibility index (Phi) is 11.5. The minimum atomic E-state index is -4.15. The first kappa shape index (κ1) is 32.5. The molecule has 3 rings (SSSR count). The van der Waals surface area contributed by atoms with Crippen molar-refractivity contribution in [3.8, 4) is 5.75 Å². The first-order chi connectivity index (χ1) is 19.9. The van der Waals surface area contributed by atoms with Crippen molar-refractivity contribution in [2.24, 2.45) is 0 Å². The quantitative estimate of drug-likeness (QED) is 0.201. The average Bonchev–Trinajstić information content (AvgIpc) is 2.95. The number of rotatable bonds is 14. The fourth-order valence-electron chi connectivity index (χ4n) is 4.33. The van der Waals surface area contributed by atoms with Crippen LogP contribution in [0.25, 0.3) is 0 Å². The molecule has 3 aromatic carbocycles. The van der Waals surface area contributed by atoms with Gasteiger partial charge >= 0.3 is 0 Å². The number of nitrogens with zero attached hydrogens (tertiary/aromatic N) is 3. The van der Waals surface area contributed by atoms with Crippen LogP contribution < -0.4 is 14.4 Å². The van der Waals surface area contributed by atoms with E-state index in [1.54, 1.807) is 12.1 Å². The summed E-state index contributed by atoms with van der Waals surface area (Å²) in [6.07, 6.45) is 1.75. The fraction of sp³-hybridized carbons (Fsp3) is 0.310. The second-order valence-corrected chi connectivity index (χ2v) is 12.4. The molecule has 1 N–H and O–H groups in total. The van der Waals surface area contributed by atoms with Crippen molar-refractivity contribution in [3.05, 3.63) is 98.5 Å². The molecule has 0 bridgehead atoms. The first-order valence-corrected chi connectivity index (χ1v) is 15.7. The fourth-order valence-corrected chi connectivity index (χ4v) is 5.63. The number of carbonyl (C=O) groups excluding carboxylic acids is 2. The van der Waals surface area contributed by atoms with Gasteiger partial charge in [0.2, 0.25) is 21.8 Å². The van der Waals surface area contributed by atoms with Crippen LogP contribution in [-0.4, -0.2) is 62.6 Å². The van der Waals surface area contributed by atoms with E-state index >= 15 is 0 Å². The van der Waals surface area contributed by atoms with Crippen molar-refractivity contribution in [1.82, 2.24) is 10.2 Å². The van der Waals surface area contributed by atoms with Crippen LogP contribution in [0.15, 0.2) is 77.3 Å². The van der Waals surface area contributed by atoms with Crippen molar-refractivity contribution in [3.63, 3.8) is 0 Å². The van der Waals surface area contributed by atoms with Gasteiger partial charge in [-0.2, -0.15) is 0 Å². The van der Waals surface area contributed by atoms with Crippen molar-refractivity contribution in [1.29, 1.82) is 0 Å². The lowest BCUT2D eigenvalue weighted by Crippen LogP contribution is -2.53. The third kappa shape index (κ3) is 8.76. The zero-order valence-corrected chi connectivity index (χ0v) is 25.9. The van der Waals surface area contributed by atoms with Gasteiger partial charge in [0.05, 0.1) is 18.3 Å². The van der Waals surface area contributed by atoms with E-state index < -0.39 is 33.4 Å². The maximum Gasteiger partial charge on any atom is 0.271 e. The summed E-state index contributed by atoms with van der Waals surface area (Å²) in [5.74, 6) is -1.04. The second-order valence-electron chi connectivity index (χ2n) is 9.53. The summed E-state index contributed by atoms with van der Waals surface area (Å²) in [7, 11) is -2.85. The molecule has 0 saturated heterocycles. The Morgan fingerprint density at radius 1 is 1.05 bits per heavy atom. The molecule has 13 heteroatoms. The number of anilines is 1. The molecule has 0 aliphatic carbocycles. The minimum Gasteiger partial charge on any atom is -0.495 e. The second kappa shape index (κ2) is 14.8. The molecule has 3 aromatic rings. The van der Waals surface area contributed by atoms with Crippen molar-refractivity contribution in [2.45, 2.75) is 32.4 Å². The van der Waals surface area contributed by atoms with Crippen molar-refractivity contribution >= 4 is 49.1 Å². The Bertz CT molecular complexity index is 1520. The van der Waals surface area contributed by atoms with Gasteiger partial charge in [-0.15, -0.1) is 0 Å². The van der Waals surface area contributed by atoms with E-state index in [2.05, 4.69) is 21.2 Å². The molecule has 0 aliphatic heterocycles. The number of benzene rings is 3. The molecular weight excluding hydrogens is 628 g/mol. The number of hydrogen-bond acceptors (Lipinski definition) is 7. The van der Waals surface area contributed by atoms with Gasteiger partial charge in [-0.25, -0.2) is 8.42 Å². The number of methoxy groups -OCH3 is 1. The van der Waals surface area contributed by atoms with E-state index in [0.29, 0.717) is 18.5 Å². The molecule has 0 saturated carbocycles. The summed E-state index contributed by atoms with van der Waals surface area (Å²) in [6, 6.07) is 18.9. The number of hydrogen-bond donors (Lipinski definition) is 1. The third-order valence-corrected chi connectivity index (χ3v) is 8.00. The van der Waals surface area contributed by atoms with Crippen LogP contribution in [0.3, 0.4) is 0 Å². The number of amides is 2. The predicted molar refractivity (Wildman–Crippen MR) is 164 cm³/mol. The molecule has 1 atom stereocenters. The van der Waals surface area contributed by atoms with Crippen LogP contribution in [-0.2, 0) is 32.6 Å². The SMILES string of the molecule is CCCNC(=O)[C@@H](Cc1ccccc1)N(Cc1cccc(Br)c1)C(=O)CN(c1cc([N+](=O)[O-])ccc1OC)S(C)(=O)=O. The van der Waals surface area contributed by atoms with E-state index in [1.165, 1.54) is 24.1 Å². The van der Waals surface area contributed by atoms with Gasteiger partial charge in [0, 0.05) is 36.1 Å². The number of nitro benzene ring substituents is 1. The molecule has 0 spiro atoms. The topological polar surface area (TPSA) is 139 Å². The maximum atomic E-state index is 14.1. The molecule has 11 nitrogen and oxygen atoms in total. The maximum absolute atomic E-state index is 14.1. The van der Waals surface area contributed by atoms with Crippen LogP contribution in [0.4, 0.5) is 11.4 Å². The smallest absolute Gasteiger partial charge is 0.271 e. The zero-order valence-electron chi connectivity index (χ0n) is 23.5. The first-order valence-electron chi connectivity index (χ1n) is 13.1. The number of nitro groups is 1. The Hall–Kier alpha value is -3.97. The van der Waals surface area contributed by atoms with Gasteiger partial charge in [-0.1, -0.05) is 65.3 Å². The number of nitrogens with one attached hydrogen (secondary N) is 1. The molecule has 0 aliphatic rings. The molecule has 0 unspecified atom stereocenters. The van der Waals surface area contributed by atoms with Gasteiger partial charge in [-0.05, 0) is 35.7 Å². The summed E-state index contributed by atoms with van der Waals surface area (Å²) in [5.41, 5.74) is 0.971. The highest BCUT2D eigenvalue weighted by molar-refractivity contribution is 9.10. The van der Waals surface area contributed by atoms with Crippen LogP contribution in [0.2, 0.25) is 0 Å². The number of sulfonamides is 1. The van der Waals surface area contributed by atoms with E-state index in [1.807, 2.05) is 49.4 Å². The summed E-state index contributed by atoms with van der Waals surface area (Å²) in [6.45, 7) is 1.58. The normalized spacial score (nSPS) is 11.8. The van der Waals surface area contributed by atoms with Gasteiger partial charge < -0.3 is 15.0 Å². The molecule has 0 radical (unpaired) electrons. The highest BCUT2D eigenvalue weighted by Crippen LogP contribution is 2.34. The lowest BCUT2D eigenvalue weighted by atomic mass is 10.0. The van der Waals surface area contributed by atoms with Crippen molar-refractivity contribution in [2.75, 3.05) is 30.8 Å². The average molecular weight is 662 g/mol. The van der Waals surface area contributed by atoms with Crippen LogP contribution in [0.5, 0.6) is 5.75 Å². The Balaban J connectivity index is 2.12. The largest absolute Gasteiger partial charge is 0.495 e. The number of carbonyl (C=O) groups is 2. The standard InChI is InChI=1S/C29H33BrN4O7S/c1-4-15-31-29(36)26(17-21-9-6-5-7-10-21)32(19-22-11-8-12-23(30)16-22)28(35)20-33(42(3,39)40)25-18-24(34(37)38)13-14-27(25)41-2/h5-14,16,18,26H,4,15,17,19-20H2,1-3H3,(H,31,36)/t26-/m1/s1. The van der Waals surface area contributed by atoms with Crippen LogP contribution >= 0.6 is 15.9 Å². The zero-order chi connectivity index (χ0) is 30.9. The monoisotopic (exact) mass is 660 g/mol. The number of halogens is 1. The van der Waals surface area contributed by atoms with E-state index in [4.69, 9.17) is 4.74 Å². The van der Waals surface area contributed by atoms with E-state index in [0.717, 1.165) is 26.7 Å². The van der Waals surface area contributed by atoms with Gasteiger partial charge in [0.1, 0.15) is 24.0 Å². The third-order valence-electron chi connectivity index (χ3n) is 6.38. The van der Waals surface area contributed by atoms with Gasteiger partial charge in [0.15, 0.2) is 0 Å². The van der Waals surface area contributed by atoms with Crippen LogP contribution in [0, 0.1) is 10.1 Å². The lowest BCUT2D eigenvalue weighted by Gasteiger charge is -2.33. The molecule has 42 heavy (non-hydrogen) atoms. The highest BCUT2D eigenvalue weighted by Gasteiger charge is 2.34. The molecule has 2 amide bonds. The molecule has 0 heterocycles. The van der Waals surface area contributed by atoms with E-state index in [-0.39, 0.29) is 36.0 Å². The Labute approximate surface area is 253 Å². The predicted octanol–water partition coefficient (Wildman–Crippen LogP) is 4.30. The Morgan fingerprint density at radius 3 is 2.33 bits per heavy atom. The van der Waals surface area contributed by atoms with Crippen LogP contribution in [0.1, 0.15) is 24.5 Å². The van der Waals surface area contributed by atoms with E-state index in [9.17, 15) is 28.1 Å². The molecular formula is C29H33BrN4O7S.